The number of pyridine rings is 1. The van der Waals surface area contributed by atoms with Crippen molar-refractivity contribution in [1.82, 2.24) is 4.98 Å². The number of para-hydroxylation sites is 1. The highest BCUT2D eigenvalue weighted by atomic mass is 35.5. The van der Waals surface area contributed by atoms with Crippen LogP contribution in [0.1, 0.15) is 40.5 Å². The quantitative estimate of drug-likeness (QED) is 0.448. The Balaban J connectivity index is 1.95. The number of carboxylic acids is 1. The average Bonchev–Trinajstić information content (AvgIpc) is 2.67. The zero-order chi connectivity index (χ0) is 20.7. The molecule has 2 aromatic carbocycles. The van der Waals surface area contributed by atoms with Crippen molar-refractivity contribution < 1.29 is 14.8 Å². The first-order chi connectivity index (χ1) is 13.8. The number of nitro benzene ring substituents is 1. The molecule has 0 fully saturated rings. The van der Waals surface area contributed by atoms with Gasteiger partial charge in [0.05, 0.1) is 21.7 Å². The number of carboxylic acid groups (broad SMARTS) is 1. The van der Waals surface area contributed by atoms with Crippen molar-refractivity contribution in [3.05, 3.63) is 80.0 Å². The van der Waals surface area contributed by atoms with Crippen molar-refractivity contribution in [2.75, 3.05) is 0 Å². The Hall–Kier alpha value is -3.25. The van der Waals surface area contributed by atoms with Gasteiger partial charge in [-0.25, -0.2) is 9.78 Å². The molecule has 29 heavy (non-hydrogen) atoms. The lowest BCUT2D eigenvalue weighted by atomic mass is 9.80. The predicted molar refractivity (Wildman–Crippen MR) is 112 cm³/mol. The largest absolute Gasteiger partial charge is 0.478 e. The van der Waals surface area contributed by atoms with E-state index < -0.39 is 10.9 Å². The summed E-state index contributed by atoms with van der Waals surface area (Å²) in [5.41, 5.74) is 3.59. The molecule has 1 aliphatic rings. The van der Waals surface area contributed by atoms with Crippen LogP contribution in [-0.4, -0.2) is 21.0 Å². The van der Waals surface area contributed by atoms with E-state index in [-0.39, 0.29) is 22.2 Å². The first-order valence-electron chi connectivity index (χ1n) is 9.15. The lowest BCUT2D eigenvalue weighted by Gasteiger charge is -2.26. The van der Waals surface area contributed by atoms with Gasteiger partial charge in [-0.1, -0.05) is 42.8 Å². The van der Waals surface area contributed by atoms with Crippen molar-refractivity contribution in [3.8, 4) is 0 Å². The highest BCUT2D eigenvalue weighted by Gasteiger charge is 2.28. The molecule has 0 amide bonds. The summed E-state index contributed by atoms with van der Waals surface area (Å²) in [5.74, 6) is -0.757. The summed E-state index contributed by atoms with van der Waals surface area (Å²) in [6.45, 7) is 2.06. The minimum Gasteiger partial charge on any atom is -0.478 e. The molecule has 6 nitrogen and oxygen atoms in total. The fourth-order valence-electron chi connectivity index (χ4n) is 3.94. The number of nitro groups is 1. The molecule has 7 heteroatoms. The molecule has 3 aromatic rings. The number of hydrogen-bond acceptors (Lipinski definition) is 4. The molecule has 0 spiro atoms. The van der Waals surface area contributed by atoms with Crippen LogP contribution in [-0.2, 0) is 6.42 Å². The second kappa shape index (κ2) is 7.29. The topological polar surface area (TPSA) is 93.3 Å². The van der Waals surface area contributed by atoms with Gasteiger partial charge in [-0.3, -0.25) is 10.1 Å². The summed E-state index contributed by atoms with van der Waals surface area (Å²) in [4.78, 5) is 27.5. The van der Waals surface area contributed by atoms with Gasteiger partial charge < -0.3 is 5.11 Å². The zero-order valence-electron chi connectivity index (χ0n) is 15.6. The summed E-state index contributed by atoms with van der Waals surface area (Å²) in [5, 5.41) is 21.8. The van der Waals surface area contributed by atoms with E-state index in [1.807, 2.05) is 12.1 Å². The SMILES string of the molecule is C[C@@H]1C/C(=C\c2ccc(Cl)c([N+](=O)[O-])c2)c2nc3ccccc3c(C(=O)O)c2C1. The molecular formula is C22H17ClN2O4. The Labute approximate surface area is 171 Å². The molecular weight excluding hydrogens is 392 g/mol. The molecule has 1 aliphatic carbocycles. The smallest absolute Gasteiger partial charge is 0.336 e. The van der Waals surface area contributed by atoms with Crippen molar-refractivity contribution in [2.45, 2.75) is 19.8 Å². The summed E-state index contributed by atoms with van der Waals surface area (Å²) in [6.07, 6.45) is 3.16. The van der Waals surface area contributed by atoms with E-state index in [9.17, 15) is 20.0 Å². The molecule has 0 saturated heterocycles. The van der Waals surface area contributed by atoms with Gasteiger partial charge in [-0.2, -0.15) is 0 Å². The lowest BCUT2D eigenvalue weighted by molar-refractivity contribution is -0.384. The molecule has 1 aromatic heterocycles. The highest BCUT2D eigenvalue weighted by Crippen LogP contribution is 2.39. The van der Waals surface area contributed by atoms with Crippen LogP contribution in [0.4, 0.5) is 5.69 Å². The molecule has 146 valence electrons. The highest BCUT2D eigenvalue weighted by molar-refractivity contribution is 6.32. The Bertz CT molecular complexity index is 1200. The van der Waals surface area contributed by atoms with Crippen molar-refractivity contribution in [2.24, 2.45) is 5.92 Å². The zero-order valence-corrected chi connectivity index (χ0v) is 16.3. The van der Waals surface area contributed by atoms with Gasteiger partial charge in [0.2, 0.25) is 0 Å². The average molecular weight is 409 g/mol. The Kier molecular flexibility index (Phi) is 4.80. The fraction of sp³-hybridized carbons (Fsp3) is 0.182. The third-order valence-electron chi connectivity index (χ3n) is 5.14. The number of nitrogens with zero attached hydrogens (tertiary/aromatic N) is 2. The van der Waals surface area contributed by atoms with Crippen molar-refractivity contribution >= 4 is 45.8 Å². The number of fused-ring (bicyclic) bond motifs is 2. The van der Waals surface area contributed by atoms with Gasteiger partial charge in [0.25, 0.3) is 5.69 Å². The van der Waals surface area contributed by atoms with Crippen LogP contribution < -0.4 is 0 Å². The van der Waals surface area contributed by atoms with Crippen LogP contribution in [0, 0.1) is 16.0 Å². The van der Waals surface area contributed by atoms with E-state index in [0.29, 0.717) is 40.6 Å². The van der Waals surface area contributed by atoms with Crippen LogP contribution in [0.15, 0.2) is 42.5 Å². The first-order valence-corrected chi connectivity index (χ1v) is 9.52. The molecule has 0 unspecified atom stereocenters. The number of aromatic carboxylic acids is 1. The summed E-state index contributed by atoms with van der Waals surface area (Å²) in [7, 11) is 0. The Morgan fingerprint density at radius 1 is 1.28 bits per heavy atom. The van der Waals surface area contributed by atoms with Crippen LogP contribution in [0.5, 0.6) is 0 Å². The minimum atomic E-state index is -0.976. The van der Waals surface area contributed by atoms with E-state index in [2.05, 4.69) is 6.92 Å². The summed E-state index contributed by atoms with van der Waals surface area (Å²) in [6, 6.07) is 11.8. The minimum absolute atomic E-state index is 0.0758. The van der Waals surface area contributed by atoms with Crippen LogP contribution >= 0.6 is 11.6 Å². The fourth-order valence-corrected chi connectivity index (χ4v) is 4.13. The van der Waals surface area contributed by atoms with E-state index in [4.69, 9.17) is 16.6 Å². The van der Waals surface area contributed by atoms with E-state index >= 15 is 0 Å². The Morgan fingerprint density at radius 3 is 2.76 bits per heavy atom. The standard InChI is InChI=1S/C22H17ClN2O4/c1-12-8-14(10-13-6-7-17(23)19(11-13)25(28)29)21-16(9-12)20(22(26)27)15-4-2-3-5-18(15)24-21/h2-7,10-12H,8-9H2,1H3,(H,26,27)/b14-10+/t12-/m1/s1. The molecule has 0 saturated carbocycles. The van der Waals surface area contributed by atoms with Crippen LogP contribution in [0.25, 0.3) is 22.6 Å². The molecule has 1 N–H and O–H groups in total. The Morgan fingerprint density at radius 2 is 2.03 bits per heavy atom. The number of rotatable bonds is 3. The van der Waals surface area contributed by atoms with Crippen LogP contribution in [0.3, 0.4) is 0 Å². The number of benzene rings is 2. The van der Waals surface area contributed by atoms with E-state index in [1.54, 1.807) is 24.3 Å². The molecule has 4 rings (SSSR count). The van der Waals surface area contributed by atoms with Gasteiger partial charge in [0.1, 0.15) is 5.02 Å². The molecule has 1 heterocycles. The number of allylic oxidation sites excluding steroid dienone is 1. The monoisotopic (exact) mass is 408 g/mol. The maximum atomic E-state index is 12.1. The molecule has 1 atom stereocenters. The van der Waals surface area contributed by atoms with Gasteiger partial charge in [0.15, 0.2) is 0 Å². The summed E-state index contributed by atoms with van der Waals surface area (Å²) < 4.78 is 0. The molecule has 0 radical (unpaired) electrons. The maximum absolute atomic E-state index is 12.1. The second-order valence-corrected chi connectivity index (χ2v) is 7.69. The van der Waals surface area contributed by atoms with E-state index in [1.165, 1.54) is 12.1 Å². The number of carbonyl (C=O) groups is 1. The summed E-state index contributed by atoms with van der Waals surface area (Å²) >= 11 is 5.92. The third kappa shape index (κ3) is 3.47. The number of aromatic nitrogens is 1. The normalized spacial score (nSPS) is 17.3. The second-order valence-electron chi connectivity index (χ2n) is 7.29. The first kappa shape index (κ1) is 19.1. The molecule has 0 aliphatic heterocycles. The lowest BCUT2D eigenvalue weighted by Crippen LogP contribution is -2.17. The van der Waals surface area contributed by atoms with Gasteiger partial charge in [-0.05, 0) is 53.7 Å². The number of hydrogen-bond donors (Lipinski definition) is 1. The van der Waals surface area contributed by atoms with E-state index in [0.717, 1.165) is 5.57 Å². The maximum Gasteiger partial charge on any atom is 0.336 e. The third-order valence-corrected chi connectivity index (χ3v) is 5.46. The van der Waals surface area contributed by atoms with Gasteiger partial charge in [-0.15, -0.1) is 0 Å². The predicted octanol–water partition coefficient (Wildman–Crippen LogP) is 5.62. The number of halogens is 1. The van der Waals surface area contributed by atoms with Crippen LogP contribution in [0.2, 0.25) is 5.02 Å². The molecule has 0 bridgehead atoms. The van der Waals surface area contributed by atoms with Gasteiger partial charge in [0, 0.05) is 11.5 Å². The van der Waals surface area contributed by atoms with Crippen molar-refractivity contribution in [1.29, 1.82) is 0 Å². The van der Waals surface area contributed by atoms with Gasteiger partial charge >= 0.3 is 5.97 Å². The van der Waals surface area contributed by atoms with Crippen molar-refractivity contribution in [3.63, 3.8) is 0 Å².